The first kappa shape index (κ1) is 25.5. The minimum Gasteiger partial charge on any atom is -0.490 e. The van der Waals surface area contributed by atoms with Gasteiger partial charge in [0.1, 0.15) is 18.4 Å². The van der Waals surface area contributed by atoms with Crippen LogP contribution in [0.2, 0.25) is 0 Å². The largest absolute Gasteiger partial charge is 0.490 e. The Morgan fingerprint density at radius 1 is 1.06 bits per heavy atom. The zero-order valence-corrected chi connectivity index (χ0v) is 20.8. The molecule has 2 saturated heterocycles. The van der Waals surface area contributed by atoms with Gasteiger partial charge in [0.15, 0.2) is 5.69 Å². The van der Waals surface area contributed by atoms with E-state index >= 15 is 0 Å². The summed E-state index contributed by atoms with van der Waals surface area (Å²) in [7, 11) is 0. The van der Waals surface area contributed by atoms with Crippen molar-refractivity contribution in [2.24, 2.45) is 5.92 Å². The molecule has 35 heavy (non-hydrogen) atoms. The Bertz CT molecular complexity index is 1040. The second-order valence-corrected chi connectivity index (χ2v) is 9.96. The van der Waals surface area contributed by atoms with Gasteiger partial charge in [0, 0.05) is 55.6 Å². The lowest BCUT2D eigenvalue weighted by molar-refractivity contribution is -0.142. The molecule has 2 atom stereocenters. The number of carbonyl (C=O) groups is 2. The van der Waals surface area contributed by atoms with Crippen molar-refractivity contribution in [3.63, 3.8) is 0 Å². The third-order valence-corrected chi connectivity index (χ3v) is 6.97. The molecule has 0 bridgehead atoms. The number of likely N-dealkylation sites (tertiary alicyclic amines) is 2. The molecule has 0 N–H and O–H groups in total. The molecule has 11 heteroatoms. The number of rotatable bonds is 6. The van der Waals surface area contributed by atoms with Crippen molar-refractivity contribution in [3.05, 3.63) is 46.7 Å². The average molecular weight is 557 g/mol. The molecule has 0 radical (unpaired) electrons. The molecule has 0 unspecified atom stereocenters. The highest BCUT2D eigenvalue weighted by Crippen LogP contribution is 2.29. The summed E-state index contributed by atoms with van der Waals surface area (Å²) in [5, 5.41) is 3.48. The molecular formula is C24H28BrF3N4O3. The maximum Gasteiger partial charge on any atom is 0.435 e. The lowest BCUT2D eigenvalue weighted by atomic mass is 9.90. The van der Waals surface area contributed by atoms with E-state index in [1.165, 1.54) is 0 Å². The van der Waals surface area contributed by atoms with E-state index in [1.54, 1.807) is 4.90 Å². The number of hydrogen-bond donors (Lipinski definition) is 0. The first-order valence-electron chi connectivity index (χ1n) is 11.8. The van der Waals surface area contributed by atoms with E-state index in [0.717, 1.165) is 53.8 Å². The molecule has 1 aromatic heterocycles. The summed E-state index contributed by atoms with van der Waals surface area (Å²) in [6, 6.07) is 8.32. The van der Waals surface area contributed by atoms with Gasteiger partial charge in [-0.2, -0.15) is 18.3 Å². The number of amides is 2. The number of alkyl halides is 3. The number of hydrogen-bond acceptors (Lipinski definition) is 4. The van der Waals surface area contributed by atoms with Crippen molar-refractivity contribution in [1.82, 2.24) is 19.6 Å². The second kappa shape index (κ2) is 11.0. The number of piperidine rings is 2. The number of benzene rings is 1. The Labute approximate surface area is 210 Å². The molecule has 2 amide bonds. The standard InChI is InChI=1S/C24H28BrF3N4O3/c25-18-5-4-6-19(14-18)35-20-7-11-31(15-17(20)13-22(33)30-9-2-1-3-10-30)23(34)16-32-12-8-21(29-32)24(26,27)28/h4-6,8,12,14,17,20H,1-3,7,9-11,13,15-16H2/t17-,20-/m0/s1. The third kappa shape index (κ3) is 6.77. The summed E-state index contributed by atoms with van der Waals surface area (Å²) in [6.07, 6.45) is 0.200. The van der Waals surface area contributed by atoms with Crippen LogP contribution in [0.5, 0.6) is 5.75 Å². The summed E-state index contributed by atoms with van der Waals surface area (Å²) in [4.78, 5) is 29.4. The summed E-state index contributed by atoms with van der Waals surface area (Å²) >= 11 is 3.44. The van der Waals surface area contributed by atoms with Crippen LogP contribution in [0.3, 0.4) is 0 Å². The van der Waals surface area contributed by atoms with E-state index in [0.29, 0.717) is 25.3 Å². The average Bonchev–Trinajstić information content (AvgIpc) is 3.30. The van der Waals surface area contributed by atoms with E-state index in [1.807, 2.05) is 29.2 Å². The van der Waals surface area contributed by atoms with Crippen LogP contribution in [-0.2, 0) is 22.3 Å². The van der Waals surface area contributed by atoms with Crippen LogP contribution in [0.25, 0.3) is 0 Å². The minimum atomic E-state index is -4.56. The van der Waals surface area contributed by atoms with Crippen LogP contribution in [0.15, 0.2) is 41.0 Å². The zero-order valence-electron chi connectivity index (χ0n) is 19.2. The number of nitrogens with zero attached hydrogens (tertiary/aromatic N) is 4. The van der Waals surface area contributed by atoms with Crippen molar-refractivity contribution < 1.29 is 27.5 Å². The predicted octanol–water partition coefficient (Wildman–Crippen LogP) is 4.36. The number of ether oxygens (including phenoxy) is 1. The minimum absolute atomic E-state index is 0.0498. The van der Waals surface area contributed by atoms with Crippen molar-refractivity contribution in [1.29, 1.82) is 0 Å². The lowest BCUT2D eigenvalue weighted by Crippen LogP contribution is -2.50. The molecule has 2 aliphatic rings. The van der Waals surface area contributed by atoms with Gasteiger partial charge in [-0.1, -0.05) is 22.0 Å². The van der Waals surface area contributed by atoms with Crippen molar-refractivity contribution >= 4 is 27.7 Å². The van der Waals surface area contributed by atoms with Gasteiger partial charge < -0.3 is 14.5 Å². The molecule has 3 heterocycles. The molecular weight excluding hydrogens is 529 g/mol. The Morgan fingerprint density at radius 2 is 1.83 bits per heavy atom. The molecule has 0 saturated carbocycles. The molecule has 190 valence electrons. The monoisotopic (exact) mass is 556 g/mol. The van der Waals surface area contributed by atoms with Gasteiger partial charge in [-0.3, -0.25) is 14.3 Å². The quantitative estimate of drug-likeness (QED) is 0.530. The van der Waals surface area contributed by atoms with Gasteiger partial charge in [-0.15, -0.1) is 0 Å². The number of halogens is 4. The van der Waals surface area contributed by atoms with Crippen LogP contribution >= 0.6 is 15.9 Å². The van der Waals surface area contributed by atoms with E-state index in [2.05, 4.69) is 21.0 Å². The fraction of sp³-hybridized carbons (Fsp3) is 0.542. The highest BCUT2D eigenvalue weighted by Gasteiger charge is 2.36. The summed E-state index contributed by atoms with van der Waals surface area (Å²) in [5.41, 5.74) is -1.03. The SMILES string of the molecule is O=C(C[C@H]1CN(C(=O)Cn2ccc(C(F)(F)F)n2)CC[C@@H]1Oc1cccc(Br)c1)N1CCCCC1. The maximum absolute atomic E-state index is 13.0. The summed E-state index contributed by atoms with van der Waals surface area (Å²) < 4.78 is 46.6. The molecule has 2 aromatic rings. The van der Waals surface area contributed by atoms with E-state index in [4.69, 9.17) is 4.74 Å². The Hall–Kier alpha value is -2.56. The summed E-state index contributed by atoms with van der Waals surface area (Å²) in [6.45, 7) is 1.88. The summed E-state index contributed by atoms with van der Waals surface area (Å²) in [5.74, 6) is 0.159. The van der Waals surface area contributed by atoms with Crippen LogP contribution in [-0.4, -0.2) is 63.7 Å². The van der Waals surface area contributed by atoms with E-state index < -0.39 is 11.9 Å². The smallest absolute Gasteiger partial charge is 0.435 e. The highest BCUT2D eigenvalue weighted by molar-refractivity contribution is 9.10. The van der Waals surface area contributed by atoms with Gasteiger partial charge in [-0.25, -0.2) is 0 Å². The Balaban J connectivity index is 1.44. The third-order valence-electron chi connectivity index (χ3n) is 6.47. The molecule has 4 rings (SSSR count). The first-order valence-corrected chi connectivity index (χ1v) is 12.6. The van der Waals surface area contributed by atoms with Crippen molar-refractivity contribution in [3.8, 4) is 5.75 Å². The fourth-order valence-electron chi connectivity index (χ4n) is 4.64. The van der Waals surface area contributed by atoms with Gasteiger partial charge >= 0.3 is 6.18 Å². The van der Waals surface area contributed by atoms with Crippen LogP contribution in [0.1, 0.15) is 37.8 Å². The molecule has 0 aliphatic carbocycles. The van der Waals surface area contributed by atoms with Gasteiger partial charge in [0.05, 0.1) is 0 Å². The predicted molar refractivity (Wildman–Crippen MR) is 126 cm³/mol. The molecule has 1 aromatic carbocycles. The highest BCUT2D eigenvalue weighted by atomic mass is 79.9. The number of aromatic nitrogens is 2. The Kier molecular flexibility index (Phi) is 8.03. The molecule has 7 nitrogen and oxygen atoms in total. The van der Waals surface area contributed by atoms with Crippen LogP contribution in [0.4, 0.5) is 13.2 Å². The zero-order chi connectivity index (χ0) is 25.0. The van der Waals surface area contributed by atoms with Gasteiger partial charge in [0.25, 0.3) is 0 Å². The molecule has 2 aliphatic heterocycles. The van der Waals surface area contributed by atoms with E-state index in [-0.39, 0.29) is 36.8 Å². The normalized spacial score (nSPS) is 21.1. The van der Waals surface area contributed by atoms with Crippen LogP contribution in [0, 0.1) is 5.92 Å². The fourth-order valence-corrected chi connectivity index (χ4v) is 5.02. The second-order valence-electron chi connectivity index (χ2n) is 9.04. The van der Waals surface area contributed by atoms with Crippen molar-refractivity contribution in [2.45, 2.75) is 50.9 Å². The Morgan fingerprint density at radius 3 is 2.51 bits per heavy atom. The molecule has 0 spiro atoms. The first-order chi connectivity index (χ1) is 16.7. The van der Waals surface area contributed by atoms with Crippen molar-refractivity contribution in [2.75, 3.05) is 26.2 Å². The molecule has 2 fully saturated rings. The van der Waals surface area contributed by atoms with Gasteiger partial charge in [0.2, 0.25) is 11.8 Å². The van der Waals surface area contributed by atoms with Gasteiger partial charge in [-0.05, 0) is 43.5 Å². The topological polar surface area (TPSA) is 67.7 Å². The number of carbonyl (C=O) groups excluding carboxylic acids is 2. The lowest BCUT2D eigenvalue weighted by Gasteiger charge is -2.39. The maximum atomic E-state index is 13.0. The van der Waals surface area contributed by atoms with Crippen LogP contribution < -0.4 is 4.74 Å². The van der Waals surface area contributed by atoms with E-state index in [9.17, 15) is 22.8 Å².